The van der Waals surface area contributed by atoms with E-state index in [9.17, 15) is 17.6 Å². The van der Waals surface area contributed by atoms with E-state index in [2.05, 4.69) is 15.0 Å². The Morgan fingerprint density at radius 2 is 1.81 bits per heavy atom. The van der Waals surface area contributed by atoms with Gasteiger partial charge in [-0.1, -0.05) is 0 Å². The molecule has 0 spiro atoms. The van der Waals surface area contributed by atoms with Gasteiger partial charge in [0.1, 0.15) is 21.5 Å². The molecule has 0 aliphatic heterocycles. The molecule has 0 fully saturated rings. The van der Waals surface area contributed by atoms with Crippen LogP contribution in [0.1, 0.15) is 21.1 Å². The number of aryl methyl sites for hydroxylation is 1. The van der Waals surface area contributed by atoms with Crippen LogP contribution in [-0.2, 0) is 16.6 Å². The van der Waals surface area contributed by atoms with E-state index in [0.29, 0.717) is 27.0 Å². The Morgan fingerprint density at radius 3 is 2.47 bits per heavy atom. The molecule has 0 bridgehead atoms. The van der Waals surface area contributed by atoms with Crippen LogP contribution in [-0.4, -0.2) is 19.3 Å². The van der Waals surface area contributed by atoms with Crippen molar-refractivity contribution in [1.82, 2.24) is 9.71 Å². The topological polar surface area (TPSA) is 101 Å². The van der Waals surface area contributed by atoms with Crippen LogP contribution in [0.15, 0.2) is 76.2 Å². The SMILES string of the molecule is Cc1nc(-c2ccc(F)cc2)sc1C(=O)Nc1ccc(S(=O)(=O)NCc2ccco2)cc1. The molecular weight excluding hydrogens is 453 g/mol. The summed E-state index contributed by atoms with van der Waals surface area (Å²) in [6, 6.07) is 15.1. The highest BCUT2D eigenvalue weighted by molar-refractivity contribution is 7.89. The lowest BCUT2D eigenvalue weighted by molar-refractivity contribution is 0.103. The van der Waals surface area contributed by atoms with Crippen molar-refractivity contribution >= 4 is 33.0 Å². The monoisotopic (exact) mass is 471 g/mol. The quantitative estimate of drug-likeness (QED) is 0.411. The molecule has 10 heteroatoms. The van der Waals surface area contributed by atoms with E-state index >= 15 is 0 Å². The Morgan fingerprint density at radius 1 is 1.09 bits per heavy atom. The van der Waals surface area contributed by atoms with Gasteiger partial charge in [-0.3, -0.25) is 4.79 Å². The number of hydrogen-bond acceptors (Lipinski definition) is 6. The third-order valence-corrected chi connectivity index (χ3v) is 7.16. The van der Waals surface area contributed by atoms with Crippen molar-refractivity contribution in [1.29, 1.82) is 0 Å². The van der Waals surface area contributed by atoms with Gasteiger partial charge in [-0.2, -0.15) is 0 Å². The first-order chi connectivity index (χ1) is 15.3. The van der Waals surface area contributed by atoms with Crippen LogP contribution < -0.4 is 10.0 Å². The van der Waals surface area contributed by atoms with Gasteiger partial charge < -0.3 is 9.73 Å². The number of furan rings is 1. The van der Waals surface area contributed by atoms with E-state index in [-0.39, 0.29) is 23.2 Å². The van der Waals surface area contributed by atoms with E-state index in [1.165, 1.54) is 54.0 Å². The number of thiazole rings is 1. The average molecular weight is 472 g/mol. The molecule has 0 aliphatic rings. The smallest absolute Gasteiger partial charge is 0.267 e. The summed E-state index contributed by atoms with van der Waals surface area (Å²) in [5.74, 6) is -0.209. The number of benzene rings is 2. The van der Waals surface area contributed by atoms with Crippen LogP contribution in [0.25, 0.3) is 10.6 Å². The molecule has 0 radical (unpaired) electrons. The first kappa shape index (κ1) is 21.9. The highest BCUT2D eigenvalue weighted by atomic mass is 32.2. The third-order valence-electron chi connectivity index (χ3n) is 4.53. The summed E-state index contributed by atoms with van der Waals surface area (Å²) in [6.45, 7) is 1.76. The first-order valence-electron chi connectivity index (χ1n) is 9.49. The third kappa shape index (κ3) is 4.93. The number of sulfonamides is 1. The van der Waals surface area contributed by atoms with Gasteiger partial charge in [-0.15, -0.1) is 11.3 Å². The van der Waals surface area contributed by atoms with Gasteiger partial charge in [0.2, 0.25) is 10.0 Å². The van der Waals surface area contributed by atoms with Crippen LogP contribution >= 0.6 is 11.3 Å². The predicted molar refractivity (Wildman–Crippen MR) is 119 cm³/mol. The van der Waals surface area contributed by atoms with E-state index in [4.69, 9.17) is 4.42 Å². The molecule has 0 saturated heterocycles. The summed E-state index contributed by atoms with van der Waals surface area (Å²) in [5.41, 5.74) is 1.71. The zero-order valence-corrected chi connectivity index (χ0v) is 18.5. The fourth-order valence-electron chi connectivity index (χ4n) is 2.89. The lowest BCUT2D eigenvalue weighted by Crippen LogP contribution is -2.23. The highest BCUT2D eigenvalue weighted by Gasteiger charge is 2.18. The Labute approximate surface area is 188 Å². The minimum atomic E-state index is -3.73. The molecule has 164 valence electrons. The van der Waals surface area contributed by atoms with Crippen molar-refractivity contribution in [3.63, 3.8) is 0 Å². The number of amides is 1. The summed E-state index contributed by atoms with van der Waals surface area (Å²) in [4.78, 5) is 17.6. The molecule has 2 aromatic carbocycles. The van der Waals surface area contributed by atoms with Gasteiger partial charge in [0.15, 0.2) is 0 Å². The lowest BCUT2D eigenvalue weighted by atomic mass is 10.2. The van der Waals surface area contributed by atoms with E-state index in [1.807, 2.05) is 0 Å². The minimum Gasteiger partial charge on any atom is -0.468 e. The number of aromatic nitrogens is 1. The minimum absolute atomic E-state index is 0.0366. The van der Waals surface area contributed by atoms with Crippen LogP contribution in [0, 0.1) is 12.7 Å². The Hall–Kier alpha value is -3.34. The van der Waals surface area contributed by atoms with Crippen molar-refractivity contribution in [2.24, 2.45) is 0 Å². The Balaban J connectivity index is 1.44. The summed E-state index contributed by atoms with van der Waals surface area (Å²) < 4.78 is 45.5. The predicted octanol–water partition coefficient (Wildman–Crippen LogP) is 4.58. The molecule has 4 rings (SSSR count). The number of anilines is 1. The second-order valence-electron chi connectivity index (χ2n) is 6.82. The van der Waals surface area contributed by atoms with Gasteiger partial charge in [-0.05, 0) is 67.6 Å². The number of hydrogen-bond donors (Lipinski definition) is 2. The van der Waals surface area contributed by atoms with Gasteiger partial charge in [-0.25, -0.2) is 22.5 Å². The maximum Gasteiger partial charge on any atom is 0.267 e. The largest absolute Gasteiger partial charge is 0.468 e. The van der Waals surface area contributed by atoms with Crippen LogP contribution in [0.2, 0.25) is 0 Å². The normalized spacial score (nSPS) is 11.4. The van der Waals surface area contributed by atoms with E-state index in [0.717, 1.165) is 5.56 Å². The second-order valence-corrected chi connectivity index (χ2v) is 9.59. The van der Waals surface area contributed by atoms with E-state index in [1.54, 1.807) is 31.2 Å². The molecule has 0 unspecified atom stereocenters. The molecule has 0 saturated carbocycles. The van der Waals surface area contributed by atoms with Gasteiger partial charge in [0.05, 0.1) is 23.4 Å². The summed E-state index contributed by atoms with van der Waals surface area (Å²) >= 11 is 1.20. The van der Waals surface area contributed by atoms with Crippen LogP contribution in [0.3, 0.4) is 0 Å². The number of nitrogens with one attached hydrogen (secondary N) is 2. The molecule has 1 amide bonds. The number of carbonyl (C=O) groups is 1. The van der Waals surface area contributed by atoms with Gasteiger partial charge >= 0.3 is 0 Å². The van der Waals surface area contributed by atoms with Crippen LogP contribution in [0.5, 0.6) is 0 Å². The zero-order valence-electron chi connectivity index (χ0n) is 16.8. The second kappa shape index (κ2) is 9.03. The number of carbonyl (C=O) groups excluding carboxylic acids is 1. The van der Waals surface area contributed by atoms with Crippen molar-refractivity contribution in [3.05, 3.63) is 89.1 Å². The Bertz CT molecular complexity index is 1330. The number of halogens is 1. The lowest BCUT2D eigenvalue weighted by Gasteiger charge is -2.08. The van der Waals surface area contributed by atoms with Gasteiger partial charge in [0.25, 0.3) is 5.91 Å². The zero-order chi connectivity index (χ0) is 22.7. The molecule has 32 heavy (non-hydrogen) atoms. The molecule has 4 aromatic rings. The average Bonchev–Trinajstić information content (AvgIpc) is 3.43. The highest BCUT2D eigenvalue weighted by Crippen LogP contribution is 2.29. The van der Waals surface area contributed by atoms with E-state index < -0.39 is 10.0 Å². The summed E-state index contributed by atoms with van der Waals surface area (Å²) in [5, 5.41) is 3.36. The molecule has 0 aliphatic carbocycles. The maximum absolute atomic E-state index is 13.1. The molecule has 2 N–H and O–H groups in total. The van der Waals surface area contributed by atoms with Crippen molar-refractivity contribution in [2.75, 3.05) is 5.32 Å². The Kier molecular flexibility index (Phi) is 6.17. The first-order valence-corrected chi connectivity index (χ1v) is 11.8. The van der Waals surface area contributed by atoms with Crippen LogP contribution in [0.4, 0.5) is 10.1 Å². The standard InChI is InChI=1S/C22H18FN3O4S2/c1-14-20(31-22(25-14)15-4-6-16(23)7-5-15)21(27)26-17-8-10-19(11-9-17)32(28,29)24-13-18-3-2-12-30-18/h2-12,24H,13H2,1H3,(H,26,27). The molecule has 0 atom stereocenters. The fraction of sp³-hybridized carbons (Fsp3) is 0.0909. The number of rotatable bonds is 7. The molecule has 2 aromatic heterocycles. The summed E-state index contributed by atoms with van der Waals surface area (Å²) in [6.07, 6.45) is 1.47. The number of nitrogens with zero attached hydrogens (tertiary/aromatic N) is 1. The van der Waals surface area contributed by atoms with Gasteiger partial charge in [0, 0.05) is 11.3 Å². The molecule has 7 nitrogen and oxygen atoms in total. The summed E-state index contributed by atoms with van der Waals surface area (Å²) in [7, 11) is -3.73. The van der Waals surface area contributed by atoms with Crippen molar-refractivity contribution in [3.8, 4) is 10.6 Å². The molecular formula is C22H18FN3O4S2. The van der Waals surface area contributed by atoms with Crippen molar-refractivity contribution < 1.29 is 22.0 Å². The fourth-order valence-corrected chi connectivity index (χ4v) is 4.85. The maximum atomic E-state index is 13.1. The molecule has 2 heterocycles. The van der Waals surface area contributed by atoms with Crippen molar-refractivity contribution in [2.45, 2.75) is 18.4 Å².